The summed E-state index contributed by atoms with van der Waals surface area (Å²) in [4.78, 5) is 0. The molecule has 0 bridgehead atoms. The van der Waals surface area contributed by atoms with Gasteiger partial charge in [-0.3, -0.25) is 0 Å². The van der Waals surface area contributed by atoms with Gasteiger partial charge in [-0.25, -0.2) is 0 Å². The number of fused-ring (bicyclic) bond motifs is 32. The maximum atomic E-state index is 2.51. The summed E-state index contributed by atoms with van der Waals surface area (Å²) in [5.41, 5.74) is 42.2. The highest BCUT2D eigenvalue weighted by Crippen LogP contribution is 2.60. The Kier molecular flexibility index (Phi) is 19.5. The molecule has 0 saturated carbocycles. The van der Waals surface area contributed by atoms with E-state index in [1.165, 1.54) is 298 Å². The van der Waals surface area contributed by atoms with E-state index >= 15 is 0 Å². The van der Waals surface area contributed by atoms with Gasteiger partial charge in [0.15, 0.2) is 0 Å². The van der Waals surface area contributed by atoms with Crippen LogP contribution in [0.5, 0.6) is 0 Å². The number of thiophene rings is 3. The molecule has 702 valence electrons. The molecule has 0 unspecified atom stereocenters. The second kappa shape index (κ2) is 33.3. The molecule has 0 atom stereocenters. The smallest absolute Gasteiger partial charge is 0.0547 e. The van der Waals surface area contributed by atoms with Crippen molar-refractivity contribution in [2.24, 2.45) is 0 Å². The first-order chi connectivity index (χ1) is 73.1. The minimum atomic E-state index is -0.134. The van der Waals surface area contributed by atoms with Crippen LogP contribution in [-0.4, -0.2) is 13.7 Å². The Labute approximate surface area is 875 Å². The largest absolute Gasteiger partial charge is 0.309 e. The van der Waals surface area contributed by atoms with Crippen LogP contribution in [0.2, 0.25) is 0 Å². The van der Waals surface area contributed by atoms with E-state index < -0.39 is 0 Å². The molecule has 0 aliphatic heterocycles. The van der Waals surface area contributed by atoms with Crippen LogP contribution in [-0.2, 0) is 16.2 Å². The van der Waals surface area contributed by atoms with Crippen LogP contribution in [0.3, 0.4) is 0 Å². The van der Waals surface area contributed by atoms with Crippen LogP contribution in [0.4, 0.5) is 0 Å². The summed E-state index contributed by atoms with van der Waals surface area (Å²) >= 11 is 5.79. The number of hydrogen-bond acceptors (Lipinski definition) is 3. The molecule has 3 nitrogen and oxygen atoms in total. The third-order valence-electron chi connectivity index (χ3n) is 33.2. The second-order valence-corrected chi connectivity index (χ2v) is 45.6. The van der Waals surface area contributed by atoms with E-state index in [2.05, 4.69) is 534 Å². The van der Waals surface area contributed by atoms with Crippen LogP contribution in [0.25, 0.3) is 265 Å². The Morgan fingerprint density at radius 3 is 0.799 bits per heavy atom. The number of hydrogen-bond donors (Lipinski definition) is 0. The minimum absolute atomic E-state index is 0.0902. The maximum Gasteiger partial charge on any atom is 0.0547 e. The fraction of sp³-hybridized carbons (Fsp3) is 0.0629. The number of aromatic nitrogens is 3. The van der Waals surface area contributed by atoms with Crippen LogP contribution in [0.1, 0.15) is 74.9 Å². The van der Waals surface area contributed by atoms with Crippen molar-refractivity contribution in [2.75, 3.05) is 0 Å². The van der Waals surface area contributed by atoms with Crippen LogP contribution in [0, 0.1) is 0 Å². The molecule has 6 heteroatoms. The van der Waals surface area contributed by atoms with E-state index in [-0.39, 0.29) is 16.2 Å². The van der Waals surface area contributed by atoms with Gasteiger partial charge in [-0.1, -0.05) is 399 Å². The van der Waals surface area contributed by atoms with Gasteiger partial charge in [-0.05, 0) is 260 Å². The van der Waals surface area contributed by atoms with Crippen molar-refractivity contribution < 1.29 is 0 Å². The monoisotopic (exact) mass is 1950 g/mol. The van der Waals surface area contributed by atoms with Crippen molar-refractivity contribution in [2.45, 2.75) is 57.8 Å². The summed E-state index contributed by atoms with van der Waals surface area (Å²) in [6.07, 6.45) is 0. The lowest BCUT2D eigenvalue weighted by Gasteiger charge is -2.22. The summed E-state index contributed by atoms with van der Waals surface area (Å²) in [5.74, 6) is 0. The van der Waals surface area contributed by atoms with Crippen molar-refractivity contribution in [3.63, 3.8) is 0 Å². The van der Waals surface area contributed by atoms with Crippen LogP contribution in [0.15, 0.2) is 479 Å². The quantitative estimate of drug-likeness (QED) is 0.137. The van der Waals surface area contributed by atoms with Gasteiger partial charge in [0.05, 0.1) is 33.1 Å². The molecular weight excluding hydrogens is 1860 g/mol. The van der Waals surface area contributed by atoms with Gasteiger partial charge < -0.3 is 13.7 Å². The molecule has 149 heavy (non-hydrogen) atoms. The van der Waals surface area contributed by atoms with Crippen molar-refractivity contribution >= 4 is 181 Å². The number of rotatable bonds is 9. The molecule has 6 heterocycles. The van der Waals surface area contributed by atoms with Crippen molar-refractivity contribution in [1.29, 1.82) is 0 Å². The molecule has 23 aromatic carbocycles. The molecule has 0 radical (unpaired) electrons. The number of benzene rings is 23. The maximum absolute atomic E-state index is 2.51. The first-order valence-corrected chi connectivity index (χ1v) is 54.3. The first-order valence-electron chi connectivity index (χ1n) is 51.9. The topological polar surface area (TPSA) is 14.8 Å². The molecule has 3 aliphatic rings. The normalized spacial score (nSPS) is 13.5. The predicted octanol–water partition coefficient (Wildman–Crippen LogP) is 40.7. The van der Waals surface area contributed by atoms with E-state index in [1.54, 1.807) is 0 Å². The van der Waals surface area contributed by atoms with Gasteiger partial charge in [0.2, 0.25) is 0 Å². The highest BCUT2D eigenvalue weighted by atomic mass is 32.1. The molecule has 0 fully saturated rings. The molecule has 0 spiro atoms. The zero-order valence-corrected chi connectivity index (χ0v) is 85.6. The average Bonchev–Trinajstić information content (AvgIpc) is 1.55. The Bertz CT molecular complexity index is 10700. The summed E-state index contributed by atoms with van der Waals surface area (Å²) in [7, 11) is 0. The first kappa shape index (κ1) is 87.1. The Hall–Kier alpha value is -17.4. The van der Waals surface area contributed by atoms with Gasteiger partial charge in [-0.15, -0.1) is 34.0 Å². The Morgan fingerprint density at radius 1 is 0.154 bits per heavy atom. The molecule has 0 N–H and O–H groups in total. The highest BCUT2D eigenvalue weighted by Gasteiger charge is 2.42. The van der Waals surface area contributed by atoms with E-state index in [0.717, 1.165) is 0 Å². The predicted molar refractivity (Wildman–Crippen MR) is 641 cm³/mol. The molecule has 0 saturated heterocycles. The van der Waals surface area contributed by atoms with Crippen molar-refractivity contribution in [1.82, 2.24) is 13.7 Å². The lowest BCUT2D eigenvalue weighted by atomic mass is 9.82. The third-order valence-corrected chi connectivity index (χ3v) is 36.8. The molecule has 32 rings (SSSR count). The Balaban J connectivity index is 0.000000103. The summed E-state index contributed by atoms with van der Waals surface area (Å²) < 4.78 is 15.7. The van der Waals surface area contributed by atoms with Crippen molar-refractivity contribution in [3.05, 3.63) is 513 Å². The standard InChI is InChI=1S/C51H35NS.C49H33NS.C43H29NS/c1-51(2)44-28-27-42-41-15-9-10-16-48(41)53-50(42)49(44)43-26-23-38(31-45(43)51)52-46-29-36(33-13-7-4-8-14-33)21-24-39(46)40-25-22-37(30-47(40)52)35-19-17-34(18-20-35)32-11-5-3-6-12-32;1-49(2)42-23-22-38-37-14-8-9-15-46(37)51-48(38)47(42)39-21-20-36(29-43(39)49)50-44-24-18-34(30-10-4-3-5-11-30)27-40(44)41-28-35(19-25-45(41)50)33-17-16-31-12-6-7-13-32(31)26-33;1-43(2)36-21-20-33-32-12-6-8-14-40(32)45-42(33)41(36)34-19-18-30(25-37(34)43)44-38-13-7-5-11-31(38)35-24-29(17-22-39(35)44)28-16-15-26-9-3-4-10-27(26)23-28/h3-31H,1-2H3;3-29H,1-2H3;3-25H,1-2H3. The van der Waals surface area contributed by atoms with E-state index in [4.69, 9.17) is 0 Å². The zero-order valence-electron chi connectivity index (χ0n) is 83.2. The van der Waals surface area contributed by atoms with Crippen LogP contribution < -0.4 is 0 Å². The van der Waals surface area contributed by atoms with E-state index in [1.807, 2.05) is 34.0 Å². The summed E-state index contributed by atoms with van der Waals surface area (Å²) in [6.45, 7) is 14.4. The van der Waals surface area contributed by atoms with Crippen LogP contribution >= 0.6 is 34.0 Å². The highest BCUT2D eigenvalue weighted by molar-refractivity contribution is 7.27. The fourth-order valence-electron chi connectivity index (χ4n) is 25.6. The summed E-state index contributed by atoms with van der Waals surface area (Å²) in [6, 6.07) is 178. The van der Waals surface area contributed by atoms with Gasteiger partial charge in [0.1, 0.15) is 0 Å². The van der Waals surface area contributed by atoms with Gasteiger partial charge in [0, 0.05) is 143 Å². The summed E-state index contributed by atoms with van der Waals surface area (Å²) in [5, 5.41) is 20.8. The number of para-hydroxylation sites is 1. The molecule has 6 aromatic heterocycles. The Morgan fingerprint density at radius 2 is 0.409 bits per heavy atom. The lowest BCUT2D eigenvalue weighted by molar-refractivity contribution is 0.660. The lowest BCUT2D eigenvalue weighted by Crippen LogP contribution is -2.15. The average molecular weight is 1950 g/mol. The molecule has 0 amide bonds. The molecule has 29 aromatic rings. The van der Waals surface area contributed by atoms with Crippen molar-refractivity contribution in [3.8, 4) is 117 Å². The number of nitrogens with zero attached hydrogens (tertiary/aromatic N) is 3. The van der Waals surface area contributed by atoms with Gasteiger partial charge in [0.25, 0.3) is 0 Å². The van der Waals surface area contributed by atoms with Gasteiger partial charge >= 0.3 is 0 Å². The SMILES string of the molecule is CC1(C)c2cc(-n3c4cc(-c5ccccc5)ccc4c4ccc(-c5ccc(-c6ccccc6)cc5)cc43)ccc2-c2c1ccc1c2sc2ccccc21.CC1(C)c2cc(-n3c4ccc(-c5ccccc5)cc4c4cc(-c5ccc6ccccc6c5)ccc43)ccc2-c2c1ccc1c2sc2ccccc21.CC1(C)c2cc(-n3c4ccccc4c4cc(-c5ccc6ccccc6c5)ccc43)ccc2-c2c1ccc1c2sc2ccccc21. The molecule has 3 aliphatic carbocycles. The minimum Gasteiger partial charge on any atom is -0.309 e. The van der Waals surface area contributed by atoms with E-state index in [0.29, 0.717) is 0 Å². The zero-order chi connectivity index (χ0) is 99.0. The molecular formula is C143H97N3S3. The fourth-order valence-corrected chi connectivity index (χ4v) is 29.4. The van der Waals surface area contributed by atoms with Gasteiger partial charge in [-0.2, -0.15) is 0 Å². The van der Waals surface area contributed by atoms with E-state index in [9.17, 15) is 0 Å². The second-order valence-electron chi connectivity index (χ2n) is 42.4. The third kappa shape index (κ3) is 13.5.